The molecule has 0 saturated carbocycles. The van der Waals surface area contributed by atoms with Gasteiger partial charge in [-0.2, -0.15) is 0 Å². The minimum atomic E-state index is 0.600. The summed E-state index contributed by atoms with van der Waals surface area (Å²) >= 11 is 1.69. The average Bonchev–Trinajstić information content (AvgIpc) is 2.76. The largest absolute Gasteiger partial charge is 0.348 e. The first-order valence-corrected chi connectivity index (χ1v) is 5.41. The third-order valence-corrected chi connectivity index (χ3v) is 2.88. The molecule has 3 nitrogen and oxygen atoms in total. The Bertz CT molecular complexity index is 416. The van der Waals surface area contributed by atoms with E-state index in [0.29, 0.717) is 6.54 Å². The molecule has 0 saturated heterocycles. The van der Waals surface area contributed by atoms with Gasteiger partial charge in [0, 0.05) is 24.3 Å². The zero-order chi connectivity index (χ0) is 9.97. The van der Waals surface area contributed by atoms with E-state index in [9.17, 15) is 0 Å². The molecule has 2 heterocycles. The van der Waals surface area contributed by atoms with Crippen LogP contribution in [0, 0.1) is 6.92 Å². The third kappa shape index (κ3) is 2.02. The standard InChI is InChI=1S/C10H13N3S/c1-8-12-10(7-14-8)6-13-3-2-9(4-11)5-13/h2-3,5,7H,4,6,11H2,1H3. The Morgan fingerprint density at radius 1 is 1.57 bits per heavy atom. The Labute approximate surface area is 87.2 Å². The summed E-state index contributed by atoms with van der Waals surface area (Å²) in [7, 11) is 0. The second-order valence-electron chi connectivity index (χ2n) is 3.25. The van der Waals surface area contributed by atoms with Crippen LogP contribution in [0.2, 0.25) is 0 Å². The van der Waals surface area contributed by atoms with Gasteiger partial charge in [0.1, 0.15) is 0 Å². The van der Waals surface area contributed by atoms with Crippen molar-refractivity contribution in [1.82, 2.24) is 9.55 Å². The minimum absolute atomic E-state index is 0.600. The van der Waals surface area contributed by atoms with E-state index in [1.165, 1.54) is 0 Å². The Morgan fingerprint density at radius 3 is 3.00 bits per heavy atom. The number of hydrogen-bond donors (Lipinski definition) is 1. The summed E-state index contributed by atoms with van der Waals surface area (Å²) < 4.78 is 2.11. The van der Waals surface area contributed by atoms with Gasteiger partial charge >= 0.3 is 0 Å². The van der Waals surface area contributed by atoms with Crippen molar-refractivity contribution in [2.24, 2.45) is 5.73 Å². The quantitative estimate of drug-likeness (QED) is 0.833. The lowest BCUT2D eigenvalue weighted by atomic mass is 10.3. The van der Waals surface area contributed by atoms with Crippen LogP contribution < -0.4 is 5.73 Å². The summed E-state index contributed by atoms with van der Waals surface area (Å²) in [6, 6.07) is 2.04. The summed E-state index contributed by atoms with van der Waals surface area (Å²) in [5, 5.41) is 3.21. The number of rotatable bonds is 3. The van der Waals surface area contributed by atoms with Crippen LogP contribution in [-0.4, -0.2) is 9.55 Å². The number of aryl methyl sites for hydroxylation is 1. The molecule has 0 aliphatic rings. The SMILES string of the molecule is Cc1nc(Cn2ccc(CN)c2)cs1. The molecule has 2 N–H and O–H groups in total. The Hall–Kier alpha value is -1.13. The van der Waals surface area contributed by atoms with E-state index >= 15 is 0 Å². The van der Waals surface area contributed by atoms with E-state index in [-0.39, 0.29) is 0 Å². The maximum atomic E-state index is 5.53. The Kier molecular flexibility index (Phi) is 2.65. The van der Waals surface area contributed by atoms with Gasteiger partial charge in [-0.3, -0.25) is 0 Å². The van der Waals surface area contributed by atoms with Crippen LogP contribution in [0.3, 0.4) is 0 Å². The molecular weight excluding hydrogens is 194 g/mol. The molecule has 14 heavy (non-hydrogen) atoms. The lowest BCUT2D eigenvalue weighted by Crippen LogP contribution is -1.98. The fraction of sp³-hybridized carbons (Fsp3) is 0.300. The second kappa shape index (κ2) is 3.94. The van der Waals surface area contributed by atoms with Gasteiger partial charge in [0.05, 0.1) is 17.2 Å². The second-order valence-corrected chi connectivity index (χ2v) is 4.32. The highest BCUT2D eigenvalue weighted by Crippen LogP contribution is 2.10. The lowest BCUT2D eigenvalue weighted by Gasteiger charge is -1.98. The van der Waals surface area contributed by atoms with Gasteiger partial charge in [0.25, 0.3) is 0 Å². The van der Waals surface area contributed by atoms with Crippen LogP contribution in [-0.2, 0) is 13.1 Å². The molecule has 0 aromatic carbocycles. The van der Waals surface area contributed by atoms with Crippen molar-refractivity contribution in [1.29, 1.82) is 0 Å². The fourth-order valence-corrected chi connectivity index (χ4v) is 1.98. The van der Waals surface area contributed by atoms with Crippen molar-refractivity contribution in [2.45, 2.75) is 20.0 Å². The normalized spacial score (nSPS) is 10.7. The van der Waals surface area contributed by atoms with Crippen LogP contribution in [0.15, 0.2) is 23.8 Å². The predicted octanol–water partition coefficient (Wildman–Crippen LogP) is 1.76. The van der Waals surface area contributed by atoms with Gasteiger partial charge in [-0.15, -0.1) is 11.3 Å². The molecule has 0 bridgehead atoms. The van der Waals surface area contributed by atoms with E-state index in [0.717, 1.165) is 22.8 Å². The molecule has 0 atom stereocenters. The maximum absolute atomic E-state index is 5.53. The van der Waals surface area contributed by atoms with Gasteiger partial charge < -0.3 is 10.3 Å². The van der Waals surface area contributed by atoms with E-state index in [4.69, 9.17) is 5.73 Å². The smallest absolute Gasteiger partial charge is 0.0898 e. The van der Waals surface area contributed by atoms with Gasteiger partial charge in [-0.1, -0.05) is 0 Å². The topological polar surface area (TPSA) is 43.8 Å². The highest BCUT2D eigenvalue weighted by Gasteiger charge is 1.99. The van der Waals surface area contributed by atoms with E-state index in [1.54, 1.807) is 11.3 Å². The molecule has 0 fully saturated rings. The third-order valence-electron chi connectivity index (χ3n) is 2.06. The van der Waals surface area contributed by atoms with Crippen LogP contribution >= 0.6 is 11.3 Å². The number of hydrogen-bond acceptors (Lipinski definition) is 3. The average molecular weight is 207 g/mol. The fourth-order valence-electron chi connectivity index (χ4n) is 1.38. The first kappa shape index (κ1) is 9.43. The van der Waals surface area contributed by atoms with Gasteiger partial charge in [-0.25, -0.2) is 4.98 Å². The highest BCUT2D eigenvalue weighted by molar-refractivity contribution is 7.09. The summed E-state index contributed by atoms with van der Waals surface area (Å²) in [6.07, 6.45) is 4.10. The zero-order valence-corrected chi connectivity index (χ0v) is 8.92. The molecule has 2 aromatic rings. The van der Waals surface area contributed by atoms with E-state index in [1.807, 2.05) is 19.2 Å². The monoisotopic (exact) mass is 207 g/mol. The lowest BCUT2D eigenvalue weighted by molar-refractivity contribution is 0.780. The minimum Gasteiger partial charge on any atom is -0.348 e. The first-order valence-electron chi connectivity index (χ1n) is 4.53. The highest BCUT2D eigenvalue weighted by atomic mass is 32.1. The molecule has 2 rings (SSSR count). The van der Waals surface area contributed by atoms with Crippen molar-refractivity contribution in [2.75, 3.05) is 0 Å². The molecule has 0 aliphatic carbocycles. The van der Waals surface area contributed by atoms with Crippen molar-refractivity contribution >= 4 is 11.3 Å². The number of thiazole rings is 1. The van der Waals surface area contributed by atoms with E-state index in [2.05, 4.69) is 21.1 Å². The molecule has 0 aliphatic heterocycles. The summed E-state index contributed by atoms with van der Waals surface area (Å²) in [5.41, 5.74) is 7.81. The van der Waals surface area contributed by atoms with Crippen molar-refractivity contribution in [3.63, 3.8) is 0 Å². The predicted molar refractivity (Wildman–Crippen MR) is 58.3 cm³/mol. The number of nitrogens with two attached hydrogens (primary N) is 1. The van der Waals surface area contributed by atoms with Crippen molar-refractivity contribution in [3.05, 3.63) is 40.1 Å². The van der Waals surface area contributed by atoms with Crippen molar-refractivity contribution < 1.29 is 0 Å². The zero-order valence-electron chi connectivity index (χ0n) is 8.10. The molecule has 74 valence electrons. The molecule has 0 amide bonds. The molecule has 0 spiro atoms. The molecule has 2 aromatic heterocycles. The Morgan fingerprint density at radius 2 is 2.43 bits per heavy atom. The molecular formula is C10H13N3S. The van der Waals surface area contributed by atoms with Crippen LogP contribution in [0.1, 0.15) is 16.3 Å². The van der Waals surface area contributed by atoms with Crippen LogP contribution in [0.25, 0.3) is 0 Å². The molecule has 0 unspecified atom stereocenters. The number of nitrogens with zero attached hydrogens (tertiary/aromatic N) is 2. The van der Waals surface area contributed by atoms with Crippen LogP contribution in [0.5, 0.6) is 0 Å². The Balaban J connectivity index is 2.10. The summed E-state index contributed by atoms with van der Waals surface area (Å²) in [6.45, 7) is 3.46. The summed E-state index contributed by atoms with van der Waals surface area (Å²) in [4.78, 5) is 4.41. The van der Waals surface area contributed by atoms with Crippen molar-refractivity contribution in [3.8, 4) is 0 Å². The van der Waals surface area contributed by atoms with Gasteiger partial charge in [-0.05, 0) is 18.6 Å². The van der Waals surface area contributed by atoms with Gasteiger partial charge in [0.15, 0.2) is 0 Å². The maximum Gasteiger partial charge on any atom is 0.0898 e. The van der Waals surface area contributed by atoms with E-state index < -0.39 is 0 Å². The molecule has 4 heteroatoms. The molecule has 0 radical (unpaired) electrons. The summed E-state index contributed by atoms with van der Waals surface area (Å²) in [5.74, 6) is 0. The first-order chi connectivity index (χ1) is 6.78. The number of aromatic nitrogens is 2. The van der Waals surface area contributed by atoms with Crippen LogP contribution in [0.4, 0.5) is 0 Å². The van der Waals surface area contributed by atoms with Gasteiger partial charge in [0.2, 0.25) is 0 Å².